The molecular weight excluding hydrogens is 395 g/mol. The van der Waals surface area contributed by atoms with Gasteiger partial charge in [-0.05, 0) is 60.5 Å². The molecule has 1 fully saturated rings. The molecule has 1 aliphatic rings. The first kappa shape index (κ1) is 20.8. The molecule has 2 aromatic carbocycles. The fourth-order valence-corrected chi connectivity index (χ4v) is 3.58. The highest BCUT2D eigenvalue weighted by Crippen LogP contribution is 2.20. The first-order valence-electron chi connectivity index (χ1n) is 10.2. The number of rotatable bonds is 7. The molecule has 2 heterocycles. The van der Waals surface area contributed by atoms with Gasteiger partial charge in [0.15, 0.2) is 0 Å². The van der Waals surface area contributed by atoms with Crippen LogP contribution in [0.5, 0.6) is 5.75 Å². The van der Waals surface area contributed by atoms with Crippen molar-refractivity contribution in [1.82, 2.24) is 10.3 Å². The van der Waals surface area contributed by atoms with E-state index in [0.717, 1.165) is 37.6 Å². The molecule has 7 heteroatoms. The lowest BCUT2D eigenvalue weighted by Gasteiger charge is -2.18. The summed E-state index contributed by atoms with van der Waals surface area (Å²) in [7, 11) is 1.67. The summed E-state index contributed by atoms with van der Waals surface area (Å²) < 4.78 is 18.2. The van der Waals surface area contributed by atoms with Crippen LogP contribution in [0.4, 0.5) is 15.9 Å². The number of pyridine rings is 1. The van der Waals surface area contributed by atoms with Crippen molar-refractivity contribution >= 4 is 17.4 Å². The van der Waals surface area contributed by atoms with Gasteiger partial charge in [0, 0.05) is 37.6 Å². The summed E-state index contributed by atoms with van der Waals surface area (Å²) in [5.74, 6) is 1.10. The zero-order valence-corrected chi connectivity index (χ0v) is 17.3. The number of halogens is 1. The fraction of sp³-hybridized carbons (Fsp3) is 0.250. The van der Waals surface area contributed by atoms with Crippen LogP contribution >= 0.6 is 0 Å². The number of hydrogen-bond acceptors (Lipinski definition) is 5. The van der Waals surface area contributed by atoms with E-state index >= 15 is 0 Å². The van der Waals surface area contributed by atoms with Crippen LogP contribution in [0.2, 0.25) is 0 Å². The Hall–Kier alpha value is -3.45. The normalized spacial score (nSPS) is 15.7. The van der Waals surface area contributed by atoms with Gasteiger partial charge in [-0.3, -0.25) is 4.79 Å². The number of nitrogens with one attached hydrogen (secondary N) is 2. The maximum absolute atomic E-state index is 13.0. The summed E-state index contributed by atoms with van der Waals surface area (Å²) >= 11 is 0. The van der Waals surface area contributed by atoms with Gasteiger partial charge in [0.25, 0.3) is 5.91 Å². The summed E-state index contributed by atoms with van der Waals surface area (Å²) in [4.78, 5) is 19.1. The molecule has 1 unspecified atom stereocenters. The molecule has 0 bridgehead atoms. The molecule has 1 aromatic heterocycles. The number of ether oxygens (including phenoxy) is 1. The topological polar surface area (TPSA) is 66.5 Å². The molecule has 160 valence electrons. The van der Waals surface area contributed by atoms with Crippen LogP contribution < -0.4 is 20.3 Å². The molecule has 6 nitrogen and oxygen atoms in total. The predicted octanol–water partition coefficient (Wildman–Crippen LogP) is 3.85. The highest BCUT2D eigenvalue weighted by molar-refractivity contribution is 6.04. The summed E-state index contributed by atoms with van der Waals surface area (Å²) in [6, 6.07) is 17.7. The second-order valence-electron chi connectivity index (χ2n) is 7.53. The second-order valence-corrected chi connectivity index (χ2v) is 7.53. The van der Waals surface area contributed by atoms with Crippen LogP contribution in [-0.4, -0.2) is 37.1 Å². The van der Waals surface area contributed by atoms with E-state index in [0.29, 0.717) is 17.3 Å². The molecule has 4 rings (SSSR count). The Labute approximate surface area is 181 Å². The van der Waals surface area contributed by atoms with E-state index in [1.165, 1.54) is 29.8 Å². The van der Waals surface area contributed by atoms with Crippen molar-refractivity contribution in [1.29, 1.82) is 0 Å². The van der Waals surface area contributed by atoms with Crippen LogP contribution in [0.15, 0.2) is 66.9 Å². The predicted molar refractivity (Wildman–Crippen MR) is 119 cm³/mol. The van der Waals surface area contributed by atoms with E-state index in [1.54, 1.807) is 19.4 Å². The molecule has 3 aromatic rings. The maximum atomic E-state index is 13.0. The molecule has 0 radical (unpaired) electrons. The minimum absolute atomic E-state index is 0.272. The molecular formula is C24H25FN4O2. The smallest absolute Gasteiger partial charge is 0.257 e. The number of amides is 1. The van der Waals surface area contributed by atoms with Crippen LogP contribution in [0, 0.1) is 5.82 Å². The zero-order valence-electron chi connectivity index (χ0n) is 17.3. The van der Waals surface area contributed by atoms with Crippen LogP contribution in [0.1, 0.15) is 22.3 Å². The largest absolute Gasteiger partial charge is 0.497 e. The lowest BCUT2D eigenvalue weighted by molar-refractivity contribution is 0.102. The Morgan fingerprint density at radius 3 is 2.58 bits per heavy atom. The van der Waals surface area contributed by atoms with E-state index in [9.17, 15) is 9.18 Å². The highest BCUT2D eigenvalue weighted by Gasteiger charge is 2.23. The summed E-state index contributed by atoms with van der Waals surface area (Å²) in [6.07, 6.45) is 2.61. The minimum Gasteiger partial charge on any atom is -0.497 e. The van der Waals surface area contributed by atoms with Gasteiger partial charge in [0.05, 0.1) is 12.7 Å². The van der Waals surface area contributed by atoms with E-state index in [2.05, 4.69) is 32.7 Å². The standard InChI is InChI=1S/C24H25FN4O2/c1-31-22-9-2-17(3-10-22)14-26-21-12-13-29(16-21)23-11-4-18(15-27-23)24(30)28-20-7-5-19(25)6-8-20/h2-11,15,21,26H,12-14,16H2,1H3,(H,28,30). The van der Waals surface area contributed by atoms with E-state index in [-0.39, 0.29) is 11.7 Å². The average molecular weight is 420 g/mol. The summed E-state index contributed by atoms with van der Waals surface area (Å²) in [5.41, 5.74) is 2.22. The lowest BCUT2D eigenvalue weighted by atomic mass is 10.2. The van der Waals surface area contributed by atoms with Crippen molar-refractivity contribution in [2.45, 2.75) is 19.0 Å². The van der Waals surface area contributed by atoms with Gasteiger partial charge in [-0.1, -0.05) is 12.1 Å². The number of hydrogen-bond donors (Lipinski definition) is 2. The van der Waals surface area contributed by atoms with Crippen molar-refractivity contribution in [3.63, 3.8) is 0 Å². The third-order valence-electron chi connectivity index (χ3n) is 5.38. The minimum atomic E-state index is -0.341. The molecule has 2 N–H and O–H groups in total. The fourth-order valence-electron chi connectivity index (χ4n) is 3.58. The van der Waals surface area contributed by atoms with Crippen molar-refractivity contribution in [3.8, 4) is 5.75 Å². The number of aromatic nitrogens is 1. The van der Waals surface area contributed by atoms with Crippen molar-refractivity contribution in [3.05, 3.63) is 83.8 Å². The van der Waals surface area contributed by atoms with Crippen LogP contribution in [-0.2, 0) is 6.54 Å². The van der Waals surface area contributed by atoms with Crippen molar-refractivity contribution in [2.75, 3.05) is 30.4 Å². The van der Waals surface area contributed by atoms with Crippen LogP contribution in [0.25, 0.3) is 0 Å². The molecule has 1 amide bonds. The Balaban J connectivity index is 1.28. The van der Waals surface area contributed by atoms with Gasteiger partial charge >= 0.3 is 0 Å². The molecule has 0 saturated carbocycles. The van der Waals surface area contributed by atoms with Crippen molar-refractivity contribution < 1.29 is 13.9 Å². The molecule has 31 heavy (non-hydrogen) atoms. The third-order valence-corrected chi connectivity index (χ3v) is 5.38. The van der Waals surface area contributed by atoms with E-state index < -0.39 is 0 Å². The number of carbonyl (C=O) groups is 1. The maximum Gasteiger partial charge on any atom is 0.257 e. The first-order chi connectivity index (χ1) is 15.1. The third kappa shape index (κ3) is 5.38. The SMILES string of the molecule is COc1ccc(CNC2CCN(c3ccc(C(=O)Nc4ccc(F)cc4)cn3)C2)cc1. The molecule has 0 aliphatic carbocycles. The Bertz CT molecular complexity index is 1010. The summed E-state index contributed by atoms with van der Waals surface area (Å²) in [6.45, 7) is 2.58. The molecule has 0 spiro atoms. The van der Waals surface area contributed by atoms with Gasteiger partial charge < -0.3 is 20.3 Å². The molecule has 1 aliphatic heterocycles. The highest BCUT2D eigenvalue weighted by atomic mass is 19.1. The summed E-state index contributed by atoms with van der Waals surface area (Å²) in [5, 5.41) is 6.34. The number of anilines is 2. The van der Waals surface area contributed by atoms with Gasteiger partial charge in [-0.25, -0.2) is 9.37 Å². The number of nitrogens with zero attached hydrogens (tertiary/aromatic N) is 2. The van der Waals surface area contributed by atoms with Gasteiger partial charge in [0.2, 0.25) is 0 Å². The van der Waals surface area contributed by atoms with Crippen LogP contribution in [0.3, 0.4) is 0 Å². The average Bonchev–Trinajstić information content (AvgIpc) is 3.29. The first-order valence-corrected chi connectivity index (χ1v) is 10.2. The second kappa shape index (κ2) is 9.57. The zero-order chi connectivity index (χ0) is 21.6. The number of carbonyl (C=O) groups excluding carboxylic acids is 1. The van der Waals surface area contributed by atoms with E-state index in [1.807, 2.05) is 18.2 Å². The molecule has 1 saturated heterocycles. The van der Waals surface area contributed by atoms with Gasteiger partial charge in [-0.2, -0.15) is 0 Å². The lowest BCUT2D eigenvalue weighted by Crippen LogP contribution is -2.32. The Kier molecular flexibility index (Phi) is 6.43. The molecule has 1 atom stereocenters. The quantitative estimate of drug-likeness (QED) is 0.608. The number of methoxy groups -OCH3 is 1. The van der Waals surface area contributed by atoms with Crippen molar-refractivity contribution in [2.24, 2.45) is 0 Å². The van der Waals surface area contributed by atoms with Gasteiger partial charge in [0.1, 0.15) is 17.4 Å². The Morgan fingerprint density at radius 2 is 1.90 bits per heavy atom. The monoisotopic (exact) mass is 420 g/mol. The Morgan fingerprint density at radius 1 is 1.13 bits per heavy atom. The number of benzene rings is 2. The van der Waals surface area contributed by atoms with E-state index in [4.69, 9.17) is 4.74 Å². The van der Waals surface area contributed by atoms with Gasteiger partial charge in [-0.15, -0.1) is 0 Å².